The Balaban J connectivity index is 1.89. The van der Waals surface area contributed by atoms with Gasteiger partial charge in [-0.3, -0.25) is 9.59 Å². The summed E-state index contributed by atoms with van der Waals surface area (Å²) in [6, 6.07) is -0.0648. The van der Waals surface area contributed by atoms with Crippen molar-refractivity contribution in [3.05, 3.63) is 17.8 Å². The molecule has 1 saturated carbocycles. The molecule has 17 heavy (non-hydrogen) atoms. The number of aromatic nitrogens is 1. The van der Waals surface area contributed by atoms with Crippen LogP contribution in [0.3, 0.4) is 0 Å². The summed E-state index contributed by atoms with van der Waals surface area (Å²) in [7, 11) is 0. The summed E-state index contributed by atoms with van der Waals surface area (Å²) >= 11 is 0. The molecule has 1 aliphatic rings. The minimum Gasteiger partial charge on any atom is -0.481 e. The van der Waals surface area contributed by atoms with Crippen LogP contribution in [0.15, 0.2) is 10.8 Å². The number of rotatable bonds is 4. The zero-order valence-corrected chi connectivity index (χ0v) is 9.47. The standard InChI is InChI=1S/C11H14N2O4/c1-2-8-9(12-5-17-8)10(14)13-7-3-6(4-7)11(15)16/h5-7H,2-4H2,1H3,(H,13,14)(H,15,16). The van der Waals surface area contributed by atoms with E-state index in [4.69, 9.17) is 9.52 Å². The highest BCUT2D eigenvalue weighted by Crippen LogP contribution is 2.27. The lowest BCUT2D eigenvalue weighted by molar-refractivity contribution is -0.145. The Morgan fingerprint density at radius 1 is 1.59 bits per heavy atom. The van der Waals surface area contributed by atoms with Gasteiger partial charge in [0.05, 0.1) is 5.92 Å². The second kappa shape index (κ2) is 4.57. The normalized spacial score (nSPS) is 22.9. The van der Waals surface area contributed by atoms with Crippen molar-refractivity contribution < 1.29 is 19.1 Å². The summed E-state index contributed by atoms with van der Waals surface area (Å²) in [5, 5.41) is 11.5. The Morgan fingerprint density at radius 3 is 2.88 bits per heavy atom. The van der Waals surface area contributed by atoms with Gasteiger partial charge < -0.3 is 14.8 Å². The van der Waals surface area contributed by atoms with Gasteiger partial charge >= 0.3 is 5.97 Å². The van der Waals surface area contributed by atoms with Crippen LogP contribution in [-0.2, 0) is 11.2 Å². The predicted octanol–water partition coefficient (Wildman–Crippen LogP) is 0.830. The van der Waals surface area contributed by atoms with Crippen molar-refractivity contribution in [1.82, 2.24) is 10.3 Å². The summed E-state index contributed by atoms with van der Waals surface area (Å²) in [5.41, 5.74) is 0.297. The highest BCUT2D eigenvalue weighted by atomic mass is 16.4. The Morgan fingerprint density at radius 2 is 2.29 bits per heavy atom. The fourth-order valence-electron chi connectivity index (χ4n) is 1.90. The fraction of sp³-hybridized carbons (Fsp3) is 0.545. The minimum absolute atomic E-state index is 0.0648. The van der Waals surface area contributed by atoms with Crippen molar-refractivity contribution in [2.45, 2.75) is 32.2 Å². The molecule has 1 aliphatic carbocycles. The molecule has 2 N–H and O–H groups in total. The monoisotopic (exact) mass is 238 g/mol. The number of amides is 1. The SMILES string of the molecule is CCc1ocnc1C(=O)NC1CC(C(=O)O)C1. The maximum Gasteiger partial charge on any atom is 0.306 e. The van der Waals surface area contributed by atoms with E-state index in [1.54, 1.807) is 0 Å². The van der Waals surface area contributed by atoms with Gasteiger partial charge in [-0.05, 0) is 12.8 Å². The minimum atomic E-state index is -0.800. The number of carboxylic acids is 1. The molecule has 0 unspecified atom stereocenters. The molecule has 6 heteroatoms. The lowest BCUT2D eigenvalue weighted by Crippen LogP contribution is -2.46. The Labute approximate surface area is 98.0 Å². The largest absolute Gasteiger partial charge is 0.481 e. The van der Waals surface area contributed by atoms with E-state index in [1.165, 1.54) is 6.39 Å². The van der Waals surface area contributed by atoms with Gasteiger partial charge in [-0.25, -0.2) is 4.98 Å². The van der Waals surface area contributed by atoms with E-state index >= 15 is 0 Å². The molecule has 1 aromatic heterocycles. The molecule has 0 aromatic carbocycles. The number of hydrogen-bond donors (Lipinski definition) is 2. The van der Waals surface area contributed by atoms with Crippen LogP contribution in [0.5, 0.6) is 0 Å². The van der Waals surface area contributed by atoms with Crippen molar-refractivity contribution in [2.24, 2.45) is 5.92 Å². The molecule has 0 radical (unpaired) electrons. The van der Waals surface area contributed by atoms with E-state index in [9.17, 15) is 9.59 Å². The van der Waals surface area contributed by atoms with Gasteiger partial charge in [-0.1, -0.05) is 6.92 Å². The van der Waals surface area contributed by atoms with Crippen LogP contribution in [0, 0.1) is 5.92 Å². The first-order valence-electron chi connectivity index (χ1n) is 5.57. The summed E-state index contributed by atoms with van der Waals surface area (Å²) in [5.74, 6) is -0.865. The number of oxazole rings is 1. The molecular weight excluding hydrogens is 224 g/mol. The summed E-state index contributed by atoms with van der Waals surface area (Å²) in [4.78, 5) is 26.2. The van der Waals surface area contributed by atoms with Crippen LogP contribution in [0.1, 0.15) is 36.0 Å². The van der Waals surface area contributed by atoms with Crippen LogP contribution in [0.2, 0.25) is 0 Å². The first-order chi connectivity index (χ1) is 8.11. The molecule has 1 fully saturated rings. The second-order valence-corrected chi connectivity index (χ2v) is 4.15. The van der Waals surface area contributed by atoms with Crippen LogP contribution in [0.25, 0.3) is 0 Å². The average Bonchev–Trinajstić information content (AvgIpc) is 2.69. The second-order valence-electron chi connectivity index (χ2n) is 4.15. The van der Waals surface area contributed by atoms with Crippen molar-refractivity contribution >= 4 is 11.9 Å². The smallest absolute Gasteiger partial charge is 0.306 e. The van der Waals surface area contributed by atoms with Gasteiger partial charge in [0.1, 0.15) is 5.76 Å². The highest BCUT2D eigenvalue weighted by Gasteiger charge is 2.35. The molecule has 2 rings (SSSR count). The van der Waals surface area contributed by atoms with Gasteiger partial charge in [0, 0.05) is 12.5 Å². The van der Waals surface area contributed by atoms with Gasteiger partial charge in [-0.15, -0.1) is 0 Å². The number of carbonyl (C=O) groups is 2. The van der Waals surface area contributed by atoms with E-state index in [2.05, 4.69) is 10.3 Å². The zero-order valence-electron chi connectivity index (χ0n) is 9.47. The number of carboxylic acid groups (broad SMARTS) is 1. The highest BCUT2D eigenvalue weighted by molar-refractivity contribution is 5.93. The van der Waals surface area contributed by atoms with Gasteiger partial charge in [0.25, 0.3) is 5.91 Å². The Kier molecular flexibility index (Phi) is 3.12. The maximum atomic E-state index is 11.8. The molecule has 1 amide bonds. The quantitative estimate of drug-likeness (QED) is 0.810. The fourth-order valence-corrected chi connectivity index (χ4v) is 1.90. The number of nitrogens with zero attached hydrogens (tertiary/aromatic N) is 1. The van der Waals surface area contributed by atoms with Crippen molar-refractivity contribution in [3.8, 4) is 0 Å². The van der Waals surface area contributed by atoms with E-state index in [0.29, 0.717) is 30.7 Å². The third-order valence-corrected chi connectivity index (χ3v) is 3.00. The lowest BCUT2D eigenvalue weighted by atomic mass is 9.80. The van der Waals surface area contributed by atoms with E-state index in [0.717, 1.165) is 0 Å². The molecule has 92 valence electrons. The predicted molar refractivity (Wildman–Crippen MR) is 57.5 cm³/mol. The van der Waals surface area contributed by atoms with Crippen molar-refractivity contribution in [2.75, 3.05) is 0 Å². The maximum absolute atomic E-state index is 11.8. The van der Waals surface area contributed by atoms with Crippen LogP contribution >= 0.6 is 0 Å². The van der Waals surface area contributed by atoms with Gasteiger partial charge in [0.2, 0.25) is 0 Å². The third-order valence-electron chi connectivity index (χ3n) is 3.00. The summed E-state index contributed by atoms with van der Waals surface area (Å²) < 4.78 is 5.06. The lowest BCUT2D eigenvalue weighted by Gasteiger charge is -2.32. The van der Waals surface area contributed by atoms with Crippen molar-refractivity contribution in [3.63, 3.8) is 0 Å². The number of carbonyl (C=O) groups excluding carboxylic acids is 1. The first-order valence-corrected chi connectivity index (χ1v) is 5.57. The van der Waals surface area contributed by atoms with Crippen molar-refractivity contribution in [1.29, 1.82) is 0 Å². The van der Waals surface area contributed by atoms with Gasteiger partial charge in [-0.2, -0.15) is 0 Å². The molecule has 0 saturated heterocycles. The topological polar surface area (TPSA) is 92.4 Å². The number of hydrogen-bond acceptors (Lipinski definition) is 4. The molecular formula is C11H14N2O4. The molecule has 6 nitrogen and oxygen atoms in total. The van der Waals surface area contributed by atoms with Crippen LogP contribution < -0.4 is 5.32 Å². The Bertz CT molecular complexity index is 434. The molecule has 0 spiro atoms. The van der Waals surface area contributed by atoms with E-state index in [-0.39, 0.29) is 17.9 Å². The molecule has 0 atom stereocenters. The third kappa shape index (κ3) is 2.30. The van der Waals surface area contributed by atoms with Gasteiger partial charge in [0.15, 0.2) is 12.1 Å². The summed E-state index contributed by atoms with van der Waals surface area (Å²) in [6.45, 7) is 1.88. The van der Waals surface area contributed by atoms with Crippen LogP contribution in [0.4, 0.5) is 0 Å². The number of nitrogens with one attached hydrogen (secondary N) is 1. The molecule has 1 heterocycles. The first kappa shape index (κ1) is 11.6. The van der Waals surface area contributed by atoms with Crippen LogP contribution in [-0.4, -0.2) is 28.0 Å². The van der Waals surface area contributed by atoms with E-state index in [1.807, 2.05) is 6.92 Å². The molecule has 0 aliphatic heterocycles. The summed E-state index contributed by atoms with van der Waals surface area (Å²) in [6.07, 6.45) is 2.82. The number of aryl methyl sites for hydroxylation is 1. The molecule has 1 aromatic rings. The Hall–Kier alpha value is -1.85. The molecule has 0 bridgehead atoms. The number of aliphatic carboxylic acids is 1. The average molecular weight is 238 g/mol. The van der Waals surface area contributed by atoms with E-state index < -0.39 is 5.97 Å². The zero-order chi connectivity index (χ0) is 12.4.